The minimum atomic E-state index is -4.39. The van der Waals surface area contributed by atoms with Crippen molar-refractivity contribution >= 4 is 32.5 Å². The second-order valence-corrected chi connectivity index (χ2v) is 13.6. The summed E-state index contributed by atoms with van der Waals surface area (Å²) in [7, 11) is -0.449. The highest BCUT2D eigenvalue weighted by Crippen LogP contribution is 2.29. The van der Waals surface area contributed by atoms with Gasteiger partial charge in [0.25, 0.3) is 15.9 Å². The topological polar surface area (TPSA) is 97.2 Å². The average Bonchev–Trinajstić information content (AvgIpc) is 3.43. The van der Waals surface area contributed by atoms with Gasteiger partial charge in [0.05, 0.1) is 22.3 Å². The number of benzene rings is 3. The number of fused-ring (bicyclic) bond motifs is 1. The highest BCUT2D eigenvalue weighted by Gasteiger charge is 2.29. The van der Waals surface area contributed by atoms with Crippen LogP contribution in [0.5, 0.6) is 17.4 Å². The van der Waals surface area contributed by atoms with Crippen molar-refractivity contribution in [2.75, 3.05) is 44.1 Å². The zero-order valence-electron chi connectivity index (χ0n) is 26.8. The zero-order chi connectivity index (χ0) is 34.8. The molecule has 5 aromatic rings. The molecule has 0 N–H and O–H groups in total. The Balaban J connectivity index is 1.05. The third-order valence-electron chi connectivity index (χ3n) is 8.34. The SMILES string of the molecule is CN(c1ccc(Oc2ccc3cc(C(=O)N4CCN(Cc5ccc(OCC(F)(F)F)cc5)CC4)n(C)c3c2)nc1)S(=O)(=O)c1ccccc1. The molecule has 1 aliphatic rings. The van der Waals surface area contributed by atoms with Crippen molar-refractivity contribution < 1.29 is 35.9 Å². The second kappa shape index (κ2) is 13.8. The third kappa shape index (κ3) is 7.81. The van der Waals surface area contributed by atoms with Crippen LogP contribution in [0.25, 0.3) is 10.9 Å². The fourth-order valence-electron chi connectivity index (χ4n) is 5.59. The van der Waals surface area contributed by atoms with Crippen molar-refractivity contribution in [3.8, 4) is 17.4 Å². The van der Waals surface area contributed by atoms with Gasteiger partial charge in [-0.05, 0) is 54.1 Å². The number of alkyl halides is 3. The molecule has 0 aliphatic carbocycles. The number of carbonyl (C=O) groups is 1. The van der Waals surface area contributed by atoms with E-state index in [0.717, 1.165) is 20.8 Å². The van der Waals surface area contributed by atoms with Crippen LogP contribution in [0.2, 0.25) is 0 Å². The number of ether oxygens (including phenoxy) is 2. The lowest BCUT2D eigenvalue weighted by Crippen LogP contribution is -2.48. The Hall–Kier alpha value is -5.08. The fourth-order valence-corrected chi connectivity index (χ4v) is 6.80. The van der Waals surface area contributed by atoms with Crippen LogP contribution in [0, 0.1) is 0 Å². The molecule has 2 aromatic heterocycles. The zero-order valence-corrected chi connectivity index (χ0v) is 27.6. The van der Waals surface area contributed by atoms with Crippen LogP contribution in [-0.4, -0.2) is 79.7 Å². The Morgan fingerprint density at radius 3 is 2.24 bits per heavy atom. The maximum atomic E-state index is 13.6. The number of hydrogen-bond donors (Lipinski definition) is 0. The van der Waals surface area contributed by atoms with Crippen LogP contribution in [0.1, 0.15) is 16.1 Å². The molecule has 0 spiro atoms. The summed E-state index contributed by atoms with van der Waals surface area (Å²) in [4.78, 5) is 22.1. The largest absolute Gasteiger partial charge is 0.484 e. The Labute approximate surface area is 281 Å². The van der Waals surface area contributed by atoms with Crippen molar-refractivity contribution in [1.82, 2.24) is 19.4 Å². The predicted octanol–water partition coefficient (Wildman–Crippen LogP) is 6.09. The summed E-state index contributed by atoms with van der Waals surface area (Å²) in [5, 5.41) is 0.871. The summed E-state index contributed by atoms with van der Waals surface area (Å²) in [5.41, 5.74) is 2.66. The first kappa shape index (κ1) is 33.8. The van der Waals surface area contributed by atoms with E-state index in [1.807, 2.05) is 34.7 Å². The van der Waals surface area contributed by atoms with Gasteiger partial charge in [-0.1, -0.05) is 30.3 Å². The number of amides is 1. The van der Waals surface area contributed by atoms with Gasteiger partial charge in [0.2, 0.25) is 5.88 Å². The smallest absolute Gasteiger partial charge is 0.422 e. The van der Waals surface area contributed by atoms with Crippen molar-refractivity contribution in [2.24, 2.45) is 7.05 Å². The molecule has 0 bridgehead atoms. The number of halogens is 3. The van der Waals surface area contributed by atoms with E-state index in [4.69, 9.17) is 9.47 Å². The minimum Gasteiger partial charge on any atom is -0.484 e. The van der Waals surface area contributed by atoms with Crippen molar-refractivity contribution in [3.63, 3.8) is 0 Å². The number of sulfonamides is 1. The molecule has 1 saturated heterocycles. The first-order chi connectivity index (χ1) is 23.4. The molecule has 10 nitrogen and oxygen atoms in total. The van der Waals surface area contributed by atoms with Crippen LogP contribution in [0.4, 0.5) is 18.9 Å². The molecule has 0 saturated carbocycles. The highest BCUT2D eigenvalue weighted by atomic mass is 32.2. The molecule has 0 unspecified atom stereocenters. The van der Waals surface area contributed by atoms with Crippen LogP contribution in [0.3, 0.4) is 0 Å². The van der Waals surface area contributed by atoms with Gasteiger partial charge in [0.15, 0.2) is 6.61 Å². The normalized spacial score (nSPS) is 14.2. The van der Waals surface area contributed by atoms with Gasteiger partial charge in [-0.2, -0.15) is 13.2 Å². The van der Waals surface area contributed by atoms with Gasteiger partial charge >= 0.3 is 6.18 Å². The quantitative estimate of drug-likeness (QED) is 0.175. The maximum Gasteiger partial charge on any atom is 0.422 e. The summed E-state index contributed by atoms with van der Waals surface area (Å²) in [5.74, 6) is 0.867. The standard InChI is InChI=1S/C35H34F3N5O5S/c1-40-31-21-29(48-33-15-11-27(22-39-33)41(2)49(45,46)30-6-4-3-5-7-30)14-10-26(31)20-32(40)34(44)43-18-16-42(17-19-43)23-25-8-12-28(13-9-25)47-24-35(36,37)38/h3-15,20-22H,16-19,23-24H2,1-2H3. The third-order valence-corrected chi connectivity index (χ3v) is 10.1. The molecule has 3 heterocycles. The molecule has 0 atom stereocenters. The van der Waals surface area contributed by atoms with E-state index in [1.165, 1.54) is 37.5 Å². The summed E-state index contributed by atoms with van der Waals surface area (Å²) in [6, 6.07) is 25.3. The molecular formula is C35H34F3N5O5S. The van der Waals surface area contributed by atoms with Gasteiger partial charge in [0, 0.05) is 64.3 Å². The molecule has 3 aromatic carbocycles. The molecule has 6 rings (SSSR count). The Morgan fingerprint density at radius 2 is 1.59 bits per heavy atom. The van der Waals surface area contributed by atoms with Crippen molar-refractivity contribution in [1.29, 1.82) is 0 Å². The van der Waals surface area contributed by atoms with E-state index >= 15 is 0 Å². The molecule has 49 heavy (non-hydrogen) atoms. The highest BCUT2D eigenvalue weighted by molar-refractivity contribution is 7.92. The Morgan fingerprint density at radius 1 is 0.898 bits per heavy atom. The summed E-state index contributed by atoms with van der Waals surface area (Å²) in [6.45, 7) is 1.65. The molecule has 256 valence electrons. The van der Waals surface area contributed by atoms with Crippen LogP contribution in [0.15, 0.2) is 102 Å². The van der Waals surface area contributed by atoms with Gasteiger partial charge < -0.3 is 18.9 Å². The van der Waals surface area contributed by atoms with E-state index in [1.54, 1.807) is 48.5 Å². The predicted molar refractivity (Wildman–Crippen MR) is 178 cm³/mol. The molecule has 1 aliphatic heterocycles. The summed E-state index contributed by atoms with van der Waals surface area (Å²) in [6.07, 6.45) is -2.95. The number of piperazine rings is 1. The van der Waals surface area contributed by atoms with E-state index < -0.39 is 22.8 Å². The van der Waals surface area contributed by atoms with Gasteiger partial charge in [-0.25, -0.2) is 13.4 Å². The number of nitrogens with zero attached hydrogens (tertiary/aromatic N) is 5. The lowest BCUT2D eigenvalue weighted by atomic mass is 10.2. The van der Waals surface area contributed by atoms with Crippen LogP contribution in [-0.2, 0) is 23.6 Å². The molecule has 14 heteroatoms. The van der Waals surface area contributed by atoms with E-state index in [9.17, 15) is 26.4 Å². The molecular weight excluding hydrogens is 659 g/mol. The van der Waals surface area contributed by atoms with E-state index in [2.05, 4.69) is 9.88 Å². The number of aromatic nitrogens is 2. The first-order valence-corrected chi connectivity index (χ1v) is 16.9. The number of hydrogen-bond acceptors (Lipinski definition) is 7. The maximum absolute atomic E-state index is 13.6. The Kier molecular flexibility index (Phi) is 9.52. The number of rotatable bonds is 10. The van der Waals surface area contributed by atoms with Crippen LogP contribution >= 0.6 is 0 Å². The first-order valence-electron chi connectivity index (χ1n) is 15.4. The lowest BCUT2D eigenvalue weighted by Gasteiger charge is -2.34. The molecule has 0 radical (unpaired) electrons. The van der Waals surface area contributed by atoms with Crippen molar-refractivity contribution in [3.05, 3.63) is 108 Å². The van der Waals surface area contributed by atoms with Gasteiger partial charge in [0.1, 0.15) is 17.2 Å². The average molecular weight is 694 g/mol. The monoisotopic (exact) mass is 693 g/mol. The number of pyridine rings is 1. The van der Waals surface area contributed by atoms with Crippen LogP contribution < -0.4 is 13.8 Å². The summed E-state index contributed by atoms with van der Waals surface area (Å²) >= 11 is 0. The van der Waals surface area contributed by atoms with Crippen molar-refractivity contribution in [2.45, 2.75) is 17.6 Å². The lowest BCUT2D eigenvalue weighted by molar-refractivity contribution is -0.153. The number of anilines is 1. The van der Waals surface area contributed by atoms with Gasteiger partial charge in [-0.15, -0.1) is 0 Å². The summed E-state index contributed by atoms with van der Waals surface area (Å²) < 4.78 is 76.9. The molecule has 1 amide bonds. The fraction of sp³-hybridized carbons (Fsp3) is 0.257. The molecule has 1 fully saturated rings. The second-order valence-electron chi connectivity index (χ2n) is 11.7. The van der Waals surface area contributed by atoms with E-state index in [-0.39, 0.29) is 22.4 Å². The van der Waals surface area contributed by atoms with Gasteiger partial charge in [-0.3, -0.25) is 14.0 Å². The minimum absolute atomic E-state index is 0.0844. The van der Waals surface area contributed by atoms with E-state index in [0.29, 0.717) is 49.9 Å². The number of carbonyl (C=O) groups excluding carboxylic acids is 1. The Bertz CT molecular complexity index is 2030. The number of aryl methyl sites for hydroxylation is 1.